The fourth-order valence-corrected chi connectivity index (χ4v) is 4.80. The van der Waals surface area contributed by atoms with Gasteiger partial charge in [-0.25, -0.2) is 0 Å². The SMILES string of the molecule is CC(CN1CCCCC1)NS(=O)(=O)N1CCCC(CO)C1. The van der Waals surface area contributed by atoms with Crippen LogP contribution >= 0.6 is 0 Å². The van der Waals surface area contributed by atoms with Gasteiger partial charge in [0.25, 0.3) is 10.2 Å². The first kappa shape index (κ1) is 17.1. The summed E-state index contributed by atoms with van der Waals surface area (Å²) in [6.45, 7) is 5.90. The summed E-state index contributed by atoms with van der Waals surface area (Å²) < 4.78 is 29.1. The molecule has 0 amide bonds. The van der Waals surface area contributed by atoms with Gasteiger partial charge in [0.2, 0.25) is 0 Å². The lowest BCUT2D eigenvalue weighted by Crippen LogP contribution is -2.51. The molecule has 0 aromatic heterocycles. The fourth-order valence-electron chi connectivity index (χ4n) is 3.29. The van der Waals surface area contributed by atoms with E-state index in [0.717, 1.165) is 32.5 Å². The summed E-state index contributed by atoms with van der Waals surface area (Å²) in [5, 5.41) is 9.22. The lowest BCUT2D eigenvalue weighted by atomic mass is 10.0. The summed E-state index contributed by atoms with van der Waals surface area (Å²) in [5.41, 5.74) is 0. The smallest absolute Gasteiger partial charge is 0.279 e. The molecule has 2 N–H and O–H groups in total. The van der Waals surface area contributed by atoms with Crippen molar-refractivity contribution in [3.63, 3.8) is 0 Å². The molecule has 0 spiro atoms. The Morgan fingerprint density at radius 2 is 1.90 bits per heavy atom. The highest BCUT2D eigenvalue weighted by atomic mass is 32.2. The second kappa shape index (κ2) is 7.87. The first-order valence-corrected chi connectivity index (χ1v) is 9.56. The van der Waals surface area contributed by atoms with Crippen molar-refractivity contribution in [2.75, 3.05) is 39.3 Å². The molecule has 0 aliphatic carbocycles. The fraction of sp³-hybridized carbons (Fsp3) is 1.00. The summed E-state index contributed by atoms with van der Waals surface area (Å²) in [6.07, 6.45) is 5.44. The summed E-state index contributed by atoms with van der Waals surface area (Å²) in [4.78, 5) is 2.34. The van der Waals surface area contributed by atoms with Gasteiger partial charge in [-0.15, -0.1) is 0 Å². The van der Waals surface area contributed by atoms with Crippen LogP contribution in [-0.2, 0) is 10.2 Å². The number of hydrogen-bond acceptors (Lipinski definition) is 4. The topological polar surface area (TPSA) is 72.9 Å². The third kappa shape index (κ3) is 5.17. The van der Waals surface area contributed by atoms with Gasteiger partial charge in [-0.3, -0.25) is 0 Å². The molecule has 2 rings (SSSR count). The molecule has 2 atom stereocenters. The van der Waals surface area contributed by atoms with Gasteiger partial charge in [0.1, 0.15) is 0 Å². The van der Waals surface area contributed by atoms with Gasteiger partial charge in [0, 0.05) is 32.3 Å². The van der Waals surface area contributed by atoms with Gasteiger partial charge in [0.15, 0.2) is 0 Å². The summed E-state index contributed by atoms with van der Waals surface area (Å²) >= 11 is 0. The van der Waals surface area contributed by atoms with E-state index < -0.39 is 10.2 Å². The van der Waals surface area contributed by atoms with Crippen LogP contribution in [0.1, 0.15) is 39.0 Å². The summed E-state index contributed by atoms with van der Waals surface area (Å²) in [5.74, 6) is 0.0766. The molecule has 0 bridgehead atoms. The van der Waals surface area contributed by atoms with Crippen molar-refractivity contribution in [3.05, 3.63) is 0 Å². The number of likely N-dealkylation sites (tertiary alicyclic amines) is 1. The Kier molecular flexibility index (Phi) is 6.43. The summed E-state index contributed by atoms with van der Waals surface area (Å²) in [6, 6.07) is -0.0809. The van der Waals surface area contributed by atoms with Gasteiger partial charge >= 0.3 is 0 Å². The van der Waals surface area contributed by atoms with Crippen LogP contribution < -0.4 is 4.72 Å². The molecular formula is C14H29N3O3S. The molecule has 2 heterocycles. The standard InChI is InChI=1S/C14H29N3O3S/c1-13(10-16-7-3-2-4-8-16)15-21(19,20)17-9-5-6-14(11-17)12-18/h13-15,18H,2-12H2,1H3. The number of nitrogens with zero attached hydrogens (tertiary/aromatic N) is 2. The van der Waals surface area contributed by atoms with Crippen molar-refractivity contribution in [1.29, 1.82) is 0 Å². The predicted molar refractivity (Wildman–Crippen MR) is 83.2 cm³/mol. The number of rotatable bonds is 6. The normalized spacial score (nSPS) is 27.6. The summed E-state index contributed by atoms with van der Waals surface area (Å²) in [7, 11) is -3.43. The van der Waals surface area contributed by atoms with E-state index in [0.29, 0.717) is 13.1 Å². The van der Waals surface area contributed by atoms with Crippen LogP contribution in [0, 0.1) is 5.92 Å². The van der Waals surface area contributed by atoms with E-state index in [9.17, 15) is 13.5 Å². The van der Waals surface area contributed by atoms with Crippen LogP contribution in [0.3, 0.4) is 0 Å². The van der Waals surface area contributed by atoms with Gasteiger partial charge in [-0.05, 0) is 51.6 Å². The molecule has 0 radical (unpaired) electrons. The first-order chi connectivity index (χ1) is 10.0. The average Bonchev–Trinajstić information content (AvgIpc) is 2.47. The molecular weight excluding hydrogens is 290 g/mol. The number of nitrogens with one attached hydrogen (secondary N) is 1. The minimum Gasteiger partial charge on any atom is -0.396 e. The van der Waals surface area contributed by atoms with Gasteiger partial charge < -0.3 is 10.0 Å². The highest BCUT2D eigenvalue weighted by Crippen LogP contribution is 2.18. The van der Waals surface area contributed by atoms with E-state index >= 15 is 0 Å². The predicted octanol–water partition coefficient (Wildman–Crippen LogP) is 0.400. The zero-order valence-electron chi connectivity index (χ0n) is 13.0. The molecule has 21 heavy (non-hydrogen) atoms. The Morgan fingerprint density at radius 3 is 2.57 bits per heavy atom. The number of aliphatic hydroxyl groups is 1. The van der Waals surface area contributed by atoms with Crippen molar-refractivity contribution in [2.24, 2.45) is 5.92 Å². The highest BCUT2D eigenvalue weighted by Gasteiger charge is 2.29. The molecule has 0 saturated carbocycles. The highest BCUT2D eigenvalue weighted by molar-refractivity contribution is 7.87. The van der Waals surface area contributed by atoms with E-state index in [1.165, 1.54) is 23.6 Å². The quantitative estimate of drug-likeness (QED) is 0.743. The van der Waals surface area contributed by atoms with Crippen LogP contribution in [-0.4, -0.2) is 68.1 Å². The molecule has 2 saturated heterocycles. The average molecular weight is 319 g/mol. The maximum atomic E-state index is 12.4. The zero-order chi connectivity index (χ0) is 15.3. The Balaban J connectivity index is 1.84. The maximum Gasteiger partial charge on any atom is 0.279 e. The lowest BCUT2D eigenvalue weighted by Gasteiger charge is -2.33. The third-order valence-corrected chi connectivity index (χ3v) is 6.12. The van der Waals surface area contributed by atoms with E-state index in [1.807, 2.05) is 6.92 Å². The molecule has 2 unspecified atom stereocenters. The minimum absolute atomic E-state index is 0.0648. The largest absolute Gasteiger partial charge is 0.396 e. The minimum atomic E-state index is -3.43. The molecule has 2 fully saturated rings. The molecule has 0 aromatic carbocycles. The van der Waals surface area contributed by atoms with E-state index in [2.05, 4.69) is 9.62 Å². The van der Waals surface area contributed by atoms with Crippen molar-refractivity contribution < 1.29 is 13.5 Å². The molecule has 7 heteroatoms. The molecule has 124 valence electrons. The van der Waals surface area contributed by atoms with E-state index in [1.54, 1.807) is 0 Å². The Hall–Kier alpha value is -0.210. The molecule has 6 nitrogen and oxygen atoms in total. The monoisotopic (exact) mass is 319 g/mol. The first-order valence-electron chi connectivity index (χ1n) is 8.12. The van der Waals surface area contributed by atoms with Crippen molar-refractivity contribution in [3.8, 4) is 0 Å². The third-order valence-electron chi connectivity index (χ3n) is 4.41. The van der Waals surface area contributed by atoms with E-state index in [4.69, 9.17) is 0 Å². The van der Waals surface area contributed by atoms with Crippen molar-refractivity contribution >= 4 is 10.2 Å². The van der Waals surface area contributed by atoms with E-state index in [-0.39, 0.29) is 18.6 Å². The van der Waals surface area contributed by atoms with Gasteiger partial charge in [-0.1, -0.05) is 6.42 Å². The Morgan fingerprint density at radius 1 is 1.19 bits per heavy atom. The van der Waals surface area contributed by atoms with Crippen LogP contribution in [0.2, 0.25) is 0 Å². The van der Waals surface area contributed by atoms with Gasteiger partial charge in [-0.2, -0.15) is 17.4 Å². The lowest BCUT2D eigenvalue weighted by molar-refractivity contribution is 0.163. The number of piperidine rings is 2. The second-order valence-electron chi connectivity index (χ2n) is 6.43. The van der Waals surface area contributed by atoms with Crippen molar-refractivity contribution in [2.45, 2.75) is 45.1 Å². The van der Waals surface area contributed by atoms with Crippen molar-refractivity contribution in [1.82, 2.24) is 13.9 Å². The van der Waals surface area contributed by atoms with Crippen LogP contribution in [0.25, 0.3) is 0 Å². The molecule has 2 aliphatic heterocycles. The van der Waals surface area contributed by atoms with Crippen LogP contribution in [0.15, 0.2) is 0 Å². The zero-order valence-corrected chi connectivity index (χ0v) is 13.8. The maximum absolute atomic E-state index is 12.4. The van der Waals surface area contributed by atoms with Crippen LogP contribution in [0.5, 0.6) is 0 Å². The number of hydrogen-bond donors (Lipinski definition) is 2. The molecule has 0 aromatic rings. The Bertz CT molecular complexity index is 410. The second-order valence-corrected chi connectivity index (χ2v) is 8.14. The Labute approximate surface area is 128 Å². The molecule has 2 aliphatic rings. The van der Waals surface area contributed by atoms with Crippen LogP contribution in [0.4, 0.5) is 0 Å². The van der Waals surface area contributed by atoms with Gasteiger partial charge in [0.05, 0.1) is 0 Å². The number of aliphatic hydroxyl groups excluding tert-OH is 1.